The van der Waals surface area contributed by atoms with Crippen LogP contribution in [0.4, 0.5) is 5.69 Å². The zero-order valence-corrected chi connectivity index (χ0v) is 16.7. The Hall–Kier alpha value is -3.22. The van der Waals surface area contributed by atoms with Crippen molar-refractivity contribution in [2.75, 3.05) is 38.2 Å². The van der Waals surface area contributed by atoms with Crippen molar-refractivity contribution in [3.8, 4) is 0 Å². The van der Waals surface area contributed by atoms with E-state index in [1.54, 1.807) is 0 Å². The summed E-state index contributed by atoms with van der Waals surface area (Å²) in [7, 11) is 0. The number of benzene rings is 3. The molecule has 1 fully saturated rings. The first-order valence-corrected chi connectivity index (χ1v) is 10.3. The van der Waals surface area contributed by atoms with Gasteiger partial charge in [0.25, 0.3) is 5.91 Å². The van der Waals surface area contributed by atoms with Gasteiger partial charge < -0.3 is 15.0 Å². The van der Waals surface area contributed by atoms with Crippen LogP contribution < -0.4 is 5.32 Å². The zero-order chi connectivity index (χ0) is 20.3. The Morgan fingerprint density at radius 1 is 1.07 bits per heavy atom. The summed E-state index contributed by atoms with van der Waals surface area (Å²) in [5.74, 6) is 0.854. The number of H-pyrrole nitrogens is 1. The van der Waals surface area contributed by atoms with Crippen molar-refractivity contribution in [1.82, 2.24) is 14.9 Å². The first kappa shape index (κ1) is 18.8. The Morgan fingerprint density at radius 3 is 2.80 bits per heavy atom. The summed E-state index contributed by atoms with van der Waals surface area (Å²) >= 11 is 0. The molecule has 30 heavy (non-hydrogen) atoms. The number of nitrogens with one attached hydrogen (secondary N) is 2. The number of hydrogen-bond donors (Lipinski definition) is 2. The maximum atomic E-state index is 12.9. The third-order valence-electron chi connectivity index (χ3n) is 5.59. The molecule has 4 aromatic rings. The first-order chi connectivity index (χ1) is 14.8. The van der Waals surface area contributed by atoms with Crippen LogP contribution in [0.15, 0.2) is 60.7 Å². The molecule has 1 saturated heterocycles. The van der Waals surface area contributed by atoms with Gasteiger partial charge in [-0.1, -0.05) is 36.4 Å². The van der Waals surface area contributed by atoms with E-state index < -0.39 is 0 Å². The number of amides is 1. The number of fused-ring (bicyclic) bond motifs is 2. The van der Waals surface area contributed by atoms with Gasteiger partial charge in [-0.05, 0) is 35.0 Å². The first-order valence-electron chi connectivity index (χ1n) is 10.3. The van der Waals surface area contributed by atoms with Gasteiger partial charge in [0.05, 0.1) is 24.2 Å². The number of imidazole rings is 1. The second kappa shape index (κ2) is 8.26. The molecule has 1 amide bonds. The maximum Gasteiger partial charge on any atom is 0.256 e. The van der Waals surface area contributed by atoms with Crippen molar-refractivity contribution in [2.24, 2.45) is 0 Å². The van der Waals surface area contributed by atoms with Crippen LogP contribution in [0.3, 0.4) is 0 Å². The van der Waals surface area contributed by atoms with Gasteiger partial charge in [0.15, 0.2) is 0 Å². The normalized spacial score (nSPS) is 14.9. The molecule has 5 rings (SSSR count). The van der Waals surface area contributed by atoms with Crippen LogP contribution in [0.1, 0.15) is 16.2 Å². The smallest absolute Gasteiger partial charge is 0.256 e. The molecular formula is C24H24N4O2. The molecule has 1 aromatic heterocycles. The highest BCUT2D eigenvalue weighted by atomic mass is 16.5. The third-order valence-corrected chi connectivity index (χ3v) is 5.59. The summed E-state index contributed by atoms with van der Waals surface area (Å²) in [4.78, 5) is 23.4. The van der Waals surface area contributed by atoms with Gasteiger partial charge in [0, 0.05) is 37.3 Å². The van der Waals surface area contributed by atoms with E-state index in [9.17, 15) is 4.79 Å². The highest BCUT2D eigenvalue weighted by Gasteiger charge is 2.13. The summed E-state index contributed by atoms with van der Waals surface area (Å²) in [6.45, 7) is 4.53. The fourth-order valence-electron chi connectivity index (χ4n) is 3.97. The predicted octanol–water partition coefficient (Wildman–Crippen LogP) is 3.84. The molecular weight excluding hydrogens is 376 g/mol. The lowest BCUT2D eigenvalue weighted by Crippen LogP contribution is -2.37. The van der Waals surface area contributed by atoms with Crippen LogP contribution in [0.25, 0.3) is 21.8 Å². The molecule has 0 bridgehead atoms. The van der Waals surface area contributed by atoms with E-state index in [0.717, 1.165) is 72.6 Å². The molecule has 6 nitrogen and oxygen atoms in total. The molecule has 0 atom stereocenters. The number of ether oxygens (including phenoxy) is 1. The number of hydrogen-bond acceptors (Lipinski definition) is 4. The predicted molar refractivity (Wildman–Crippen MR) is 119 cm³/mol. The maximum absolute atomic E-state index is 12.9. The minimum absolute atomic E-state index is 0.113. The summed E-state index contributed by atoms with van der Waals surface area (Å²) < 4.78 is 5.40. The zero-order valence-electron chi connectivity index (χ0n) is 16.7. The minimum atomic E-state index is -0.113. The molecule has 0 unspecified atom stereocenters. The number of carbonyl (C=O) groups excluding carboxylic acids is 1. The van der Waals surface area contributed by atoms with Crippen molar-refractivity contribution in [3.63, 3.8) is 0 Å². The van der Waals surface area contributed by atoms with Crippen LogP contribution in [0, 0.1) is 0 Å². The number of anilines is 1. The van der Waals surface area contributed by atoms with E-state index >= 15 is 0 Å². The van der Waals surface area contributed by atoms with Gasteiger partial charge in [-0.25, -0.2) is 4.98 Å². The Labute approximate surface area is 174 Å². The van der Waals surface area contributed by atoms with Crippen LogP contribution in [0.5, 0.6) is 0 Å². The van der Waals surface area contributed by atoms with Gasteiger partial charge >= 0.3 is 0 Å². The lowest BCUT2D eigenvalue weighted by molar-refractivity contribution is 0.0382. The second-order valence-corrected chi connectivity index (χ2v) is 7.60. The monoisotopic (exact) mass is 400 g/mol. The fourth-order valence-corrected chi connectivity index (χ4v) is 3.97. The molecule has 152 valence electrons. The van der Waals surface area contributed by atoms with Crippen molar-refractivity contribution in [3.05, 3.63) is 72.1 Å². The lowest BCUT2D eigenvalue weighted by Gasteiger charge is -2.25. The SMILES string of the molecule is O=C(Nc1ccc2nc(CCN3CCOCC3)[nH]c2c1)c1cccc2ccccc12. The molecule has 0 radical (unpaired) electrons. The summed E-state index contributed by atoms with van der Waals surface area (Å²) in [5.41, 5.74) is 3.27. The number of aromatic nitrogens is 2. The summed E-state index contributed by atoms with van der Waals surface area (Å²) in [6.07, 6.45) is 0.867. The third kappa shape index (κ3) is 3.92. The molecule has 2 N–H and O–H groups in total. The Balaban J connectivity index is 1.31. The molecule has 0 saturated carbocycles. The molecule has 0 aliphatic carbocycles. The van der Waals surface area contributed by atoms with Crippen molar-refractivity contribution < 1.29 is 9.53 Å². The Kier molecular flexibility index (Phi) is 5.17. The quantitative estimate of drug-likeness (QED) is 0.534. The Bertz CT molecular complexity index is 1190. The number of carbonyl (C=O) groups is 1. The Morgan fingerprint density at radius 2 is 1.90 bits per heavy atom. The number of morpholine rings is 1. The number of nitrogens with zero attached hydrogens (tertiary/aromatic N) is 2. The van der Waals surface area contributed by atoms with E-state index in [4.69, 9.17) is 9.72 Å². The number of aromatic amines is 1. The fraction of sp³-hybridized carbons (Fsp3) is 0.250. The largest absolute Gasteiger partial charge is 0.379 e. The molecule has 2 heterocycles. The van der Waals surface area contributed by atoms with Gasteiger partial charge in [0.1, 0.15) is 5.82 Å². The molecule has 1 aliphatic heterocycles. The topological polar surface area (TPSA) is 70.2 Å². The van der Waals surface area contributed by atoms with Gasteiger partial charge in [-0.2, -0.15) is 0 Å². The molecule has 6 heteroatoms. The summed E-state index contributed by atoms with van der Waals surface area (Å²) in [5, 5.41) is 5.03. The highest BCUT2D eigenvalue weighted by Crippen LogP contribution is 2.22. The highest BCUT2D eigenvalue weighted by molar-refractivity contribution is 6.13. The van der Waals surface area contributed by atoms with Gasteiger partial charge in [0.2, 0.25) is 0 Å². The van der Waals surface area contributed by atoms with Crippen LogP contribution in [-0.4, -0.2) is 53.6 Å². The van der Waals surface area contributed by atoms with E-state index in [1.165, 1.54) is 0 Å². The molecule has 0 spiro atoms. The average Bonchev–Trinajstić information content (AvgIpc) is 3.20. The lowest BCUT2D eigenvalue weighted by atomic mass is 10.0. The minimum Gasteiger partial charge on any atom is -0.379 e. The van der Waals surface area contributed by atoms with E-state index in [0.29, 0.717) is 5.56 Å². The van der Waals surface area contributed by atoms with Crippen molar-refractivity contribution in [2.45, 2.75) is 6.42 Å². The van der Waals surface area contributed by atoms with Gasteiger partial charge in [-0.3, -0.25) is 9.69 Å². The van der Waals surface area contributed by atoms with E-state index in [1.807, 2.05) is 60.7 Å². The van der Waals surface area contributed by atoms with Crippen molar-refractivity contribution in [1.29, 1.82) is 0 Å². The van der Waals surface area contributed by atoms with Gasteiger partial charge in [-0.15, -0.1) is 0 Å². The summed E-state index contributed by atoms with van der Waals surface area (Å²) in [6, 6.07) is 19.5. The number of rotatable bonds is 5. The van der Waals surface area contributed by atoms with Crippen LogP contribution in [-0.2, 0) is 11.2 Å². The van der Waals surface area contributed by atoms with Crippen LogP contribution in [0.2, 0.25) is 0 Å². The van der Waals surface area contributed by atoms with E-state index in [-0.39, 0.29) is 5.91 Å². The van der Waals surface area contributed by atoms with Crippen LogP contribution >= 0.6 is 0 Å². The van der Waals surface area contributed by atoms with Crippen molar-refractivity contribution >= 4 is 33.4 Å². The molecule has 1 aliphatic rings. The van der Waals surface area contributed by atoms with E-state index in [2.05, 4.69) is 15.2 Å². The second-order valence-electron chi connectivity index (χ2n) is 7.60. The molecule has 3 aromatic carbocycles. The average molecular weight is 400 g/mol. The standard InChI is InChI=1S/C24H24N4O2/c29-24(20-7-3-5-17-4-1-2-6-19(17)20)25-18-8-9-21-22(16-18)27-23(26-21)10-11-28-12-14-30-15-13-28/h1-9,16H,10-15H2,(H,25,29)(H,26,27).